The van der Waals surface area contributed by atoms with Gasteiger partial charge in [-0.05, 0) is 53.9 Å². The van der Waals surface area contributed by atoms with E-state index in [2.05, 4.69) is 43.2 Å². The van der Waals surface area contributed by atoms with E-state index >= 15 is 0 Å². The van der Waals surface area contributed by atoms with Crippen molar-refractivity contribution in [2.45, 2.75) is 27.3 Å². The molecule has 0 saturated carbocycles. The van der Waals surface area contributed by atoms with Crippen LogP contribution in [0, 0.1) is 20.8 Å². The number of methoxy groups -OCH3 is 1. The lowest BCUT2D eigenvalue weighted by atomic mass is 10.1. The number of aromatic nitrogens is 6. The van der Waals surface area contributed by atoms with Crippen LogP contribution < -0.4 is 0 Å². The predicted molar refractivity (Wildman–Crippen MR) is 126 cm³/mol. The second kappa shape index (κ2) is 7.79. The fourth-order valence-electron chi connectivity index (χ4n) is 3.75. The van der Waals surface area contributed by atoms with Gasteiger partial charge in [-0.2, -0.15) is 5.10 Å². The highest BCUT2D eigenvalue weighted by molar-refractivity contribution is 9.10. The number of esters is 1. The Balaban J connectivity index is 1.57. The summed E-state index contributed by atoms with van der Waals surface area (Å²) < 4.78 is 9.57. The molecular weight excluding hydrogens is 492 g/mol. The summed E-state index contributed by atoms with van der Waals surface area (Å²) in [5, 5.41) is 10.1. The standard InChI is InChI=1S/C22H19BrN6O2S/c1-11-16-20-25-19(27-29(20)10-24-21(16)32-18(11)22(30)31-4)15-7-5-6-14(8-15)9-28-13(3)17(23)12(2)26-28/h5-8,10H,9H2,1-4H3. The van der Waals surface area contributed by atoms with Crippen LogP contribution >= 0.6 is 27.3 Å². The smallest absolute Gasteiger partial charge is 0.348 e. The molecule has 0 N–H and O–H groups in total. The molecule has 10 heteroatoms. The molecule has 32 heavy (non-hydrogen) atoms. The van der Waals surface area contributed by atoms with Gasteiger partial charge in [-0.15, -0.1) is 16.4 Å². The summed E-state index contributed by atoms with van der Waals surface area (Å²) in [6.45, 7) is 6.56. The molecule has 5 aromatic rings. The Kier molecular flexibility index (Phi) is 5.06. The van der Waals surface area contributed by atoms with Gasteiger partial charge in [0, 0.05) is 5.56 Å². The number of fused-ring (bicyclic) bond motifs is 3. The number of halogens is 1. The number of aryl methyl sites for hydroxylation is 2. The van der Waals surface area contributed by atoms with E-state index < -0.39 is 0 Å². The molecule has 0 spiro atoms. The zero-order valence-electron chi connectivity index (χ0n) is 17.9. The largest absolute Gasteiger partial charge is 0.465 e. The van der Waals surface area contributed by atoms with Crippen LogP contribution in [0.15, 0.2) is 35.1 Å². The van der Waals surface area contributed by atoms with Crippen LogP contribution in [-0.2, 0) is 11.3 Å². The topological polar surface area (TPSA) is 87.2 Å². The van der Waals surface area contributed by atoms with Gasteiger partial charge in [0.25, 0.3) is 0 Å². The number of hydrogen-bond acceptors (Lipinski definition) is 7. The normalized spacial score (nSPS) is 11.5. The van der Waals surface area contributed by atoms with Gasteiger partial charge in [0.1, 0.15) is 16.0 Å². The number of nitrogens with zero attached hydrogens (tertiary/aromatic N) is 6. The minimum absolute atomic E-state index is 0.369. The first-order chi connectivity index (χ1) is 15.4. The molecule has 0 radical (unpaired) electrons. The summed E-state index contributed by atoms with van der Waals surface area (Å²) in [6, 6.07) is 8.12. The molecule has 8 nitrogen and oxygen atoms in total. The number of benzene rings is 1. The fraction of sp³-hybridized carbons (Fsp3) is 0.227. The van der Waals surface area contributed by atoms with Crippen molar-refractivity contribution in [2.24, 2.45) is 0 Å². The average molecular weight is 511 g/mol. The molecule has 0 saturated heterocycles. The summed E-state index contributed by atoms with van der Waals surface area (Å²) in [7, 11) is 1.38. The van der Waals surface area contributed by atoms with Gasteiger partial charge in [0.05, 0.1) is 34.9 Å². The lowest BCUT2D eigenvalue weighted by molar-refractivity contribution is 0.0605. The van der Waals surface area contributed by atoms with Crippen LogP contribution in [0.25, 0.3) is 27.3 Å². The van der Waals surface area contributed by atoms with Crippen molar-refractivity contribution >= 4 is 49.1 Å². The molecule has 0 bridgehead atoms. The molecule has 162 valence electrons. The van der Waals surface area contributed by atoms with E-state index in [9.17, 15) is 4.79 Å². The van der Waals surface area contributed by atoms with Gasteiger partial charge in [0.2, 0.25) is 0 Å². The highest BCUT2D eigenvalue weighted by atomic mass is 79.9. The van der Waals surface area contributed by atoms with Gasteiger partial charge in [-0.3, -0.25) is 4.68 Å². The number of ether oxygens (including phenoxy) is 1. The molecule has 4 aromatic heterocycles. The monoisotopic (exact) mass is 510 g/mol. The Morgan fingerprint density at radius 1 is 1.22 bits per heavy atom. The Morgan fingerprint density at radius 2 is 2.03 bits per heavy atom. The second-order valence-electron chi connectivity index (χ2n) is 7.52. The van der Waals surface area contributed by atoms with Crippen molar-refractivity contribution in [3.63, 3.8) is 0 Å². The van der Waals surface area contributed by atoms with E-state index in [0.717, 1.165) is 42.8 Å². The highest BCUT2D eigenvalue weighted by Gasteiger charge is 2.21. The van der Waals surface area contributed by atoms with Gasteiger partial charge < -0.3 is 4.74 Å². The van der Waals surface area contributed by atoms with Crippen molar-refractivity contribution in [3.05, 3.63) is 62.5 Å². The third kappa shape index (κ3) is 3.30. The molecule has 4 heterocycles. The Labute approximate surface area is 196 Å². The number of rotatable bonds is 4. The van der Waals surface area contributed by atoms with Gasteiger partial charge >= 0.3 is 5.97 Å². The van der Waals surface area contributed by atoms with E-state index in [-0.39, 0.29) is 5.97 Å². The Morgan fingerprint density at radius 3 is 2.75 bits per heavy atom. The molecule has 0 aliphatic rings. The molecule has 0 atom stereocenters. The summed E-state index contributed by atoms with van der Waals surface area (Å²) in [4.78, 5) is 22.6. The second-order valence-corrected chi connectivity index (χ2v) is 9.31. The van der Waals surface area contributed by atoms with E-state index in [1.54, 1.807) is 10.8 Å². The molecule has 5 rings (SSSR count). The number of hydrogen-bond donors (Lipinski definition) is 0. The van der Waals surface area contributed by atoms with E-state index in [1.807, 2.05) is 37.6 Å². The summed E-state index contributed by atoms with van der Waals surface area (Å²) in [6.07, 6.45) is 1.63. The summed E-state index contributed by atoms with van der Waals surface area (Å²) in [5.41, 5.74) is 5.53. The van der Waals surface area contributed by atoms with Crippen LogP contribution in [-0.4, -0.2) is 42.4 Å². The Bertz CT molecular complexity index is 1520. The zero-order chi connectivity index (χ0) is 22.6. The minimum Gasteiger partial charge on any atom is -0.465 e. The third-order valence-corrected chi connectivity index (χ3v) is 7.78. The van der Waals surface area contributed by atoms with Crippen molar-refractivity contribution in [3.8, 4) is 11.4 Å². The quantitative estimate of drug-likeness (QED) is 0.325. The van der Waals surface area contributed by atoms with E-state index in [0.29, 0.717) is 22.9 Å². The zero-order valence-corrected chi connectivity index (χ0v) is 20.3. The van der Waals surface area contributed by atoms with Crippen molar-refractivity contribution in [1.82, 2.24) is 29.4 Å². The van der Waals surface area contributed by atoms with Gasteiger partial charge in [0.15, 0.2) is 11.5 Å². The minimum atomic E-state index is -0.369. The SMILES string of the molecule is COC(=O)c1sc2ncn3nc(-c4cccc(Cn5nc(C)c(Br)c5C)c4)nc3c2c1C. The number of carbonyl (C=O) groups excluding carboxylic acids is 1. The predicted octanol–water partition coefficient (Wildman–Crippen LogP) is 4.73. The maximum absolute atomic E-state index is 12.1. The van der Waals surface area contributed by atoms with Crippen molar-refractivity contribution in [1.29, 1.82) is 0 Å². The van der Waals surface area contributed by atoms with E-state index in [4.69, 9.17) is 9.72 Å². The van der Waals surface area contributed by atoms with Crippen molar-refractivity contribution < 1.29 is 9.53 Å². The number of thiophene rings is 1. The molecule has 0 aliphatic carbocycles. The van der Waals surface area contributed by atoms with E-state index in [1.165, 1.54) is 18.4 Å². The first-order valence-electron chi connectivity index (χ1n) is 9.89. The lowest BCUT2D eigenvalue weighted by Crippen LogP contribution is -2.04. The lowest BCUT2D eigenvalue weighted by Gasteiger charge is -2.06. The number of carbonyl (C=O) groups is 1. The fourth-order valence-corrected chi connectivity index (χ4v) is 5.10. The molecule has 0 amide bonds. The van der Waals surface area contributed by atoms with Crippen LogP contribution in [0.2, 0.25) is 0 Å². The Hall–Kier alpha value is -3.11. The molecule has 0 unspecified atom stereocenters. The maximum Gasteiger partial charge on any atom is 0.348 e. The van der Waals surface area contributed by atoms with Crippen LogP contribution in [0.3, 0.4) is 0 Å². The average Bonchev–Trinajstić information content (AvgIpc) is 3.44. The highest BCUT2D eigenvalue weighted by Crippen LogP contribution is 2.33. The van der Waals surface area contributed by atoms with Gasteiger partial charge in [-0.1, -0.05) is 18.2 Å². The first kappa shape index (κ1) is 20.8. The summed E-state index contributed by atoms with van der Waals surface area (Å²) >= 11 is 4.89. The van der Waals surface area contributed by atoms with Crippen LogP contribution in [0.4, 0.5) is 0 Å². The molecule has 0 fully saturated rings. The maximum atomic E-state index is 12.1. The third-order valence-electron chi connectivity index (χ3n) is 5.45. The molecular formula is C22H19BrN6O2S. The molecule has 1 aromatic carbocycles. The van der Waals surface area contributed by atoms with Crippen LogP contribution in [0.1, 0.15) is 32.2 Å². The first-order valence-corrected chi connectivity index (χ1v) is 11.5. The van der Waals surface area contributed by atoms with Crippen LogP contribution in [0.5, 0.6) is 0 Å². The summed E-state index contributed by atoms with van der Waals surface area (Å²) in [5.74, 6) is 0.229. The van der Waals surface area contributed by atoms with Crippen molar-refractivity contribution in [2.75, 3.05) is 7.11 Å². The molecule has 0 aliphatic heterocycles. The van der Waals surface area contributed by atoms with Gasteiger partial charge in [-0.25, -0.2) is 19.3 Å².